The molecule has 5 nitrogen and oxygen atoms in total. The summed E-state index contributed by atoms with van der Waals surface area (Å²) in [5.74, 6) is 0. The molecule has 7 heteroatoms. The lowest BCUT2D eigenvalue weighted by molar-refractivity contribution is 0.580. The monoisotopic (exact) mass is 297 g/mol. The molecule has 0 amide bonds. The highest BCUT2D eigenvalue weighted by molar-refractivity contribution is 7.89. The third-order valence-electron chi connectivity index (χ3n) is 2.40. The summed E-state index contributed by atoms with van der Waals surface area (Å²) in [6.45, 7) is 1.95. The van der Waals surface area contributed by atoms with Crippen LogP contribution in [0, 0.1) is 6.92 Å². The van der Waals surface area contributed by atoms with Crippen LogP contribution >= 0.6 is 11.6 Å². The van der Waals surface area contributed by atoms with Gasteiger partial charge in [-0.3, -0.25) is 4.98 Å². The van der Waals surface area contributed by atoms with Crippen LogP contribution in [-0.2, 0) is 16.6 Å². The van der Waals surface area contributed by atoms with Gasteiger partial charge in [0.15, 0.2) is 0 Å². The Bertz CT molecular complexity index is 689. The molecular formula is C12H12ClN3O2S. The van der Waals surface area contributed by atoms with E-state index in [9.17, 15) is 8.42 Å². The molecule has 0 fully saturated rings. The van der Waals surface area contributed by atoms with Crippen molar-refractivity contribution in [1.29, 1.82) is 0 Å². The third-order valence-corrected chi connectivity index (χ3v) is 4.25. The molecule has 0 aliphatic carbocycles. The Balaban J connectivity index is 2.17. The second kappa shape index (κ2) is 5.64. The molecule has 0 aromatic carbocycles. The molecule has 0 radical (unpaired) electrons. The lowest BCUT2D eigenvalue weighted by Crippen LogP contribution is -2.24. The van der Waals surface area contributed by atoms with Gasteiger partial charge in [-0.1, -0.05) is 17.7 Å². The second-order valence-corrected chi connectivity index (χ2v) is 5.98. The number of halogens is 1. The van der Waals surface area contributed by atoms with Crippen molar-refractivity contribution in [3.63, 3.8) is 0 Å². The maximum absolute atomic E-state index is 12.0. The first-order valence-corrected chi connectivity index (χ1v) is 7.38. The summed E-state index contributed by atoms with van der Waals surface area (Å²) in [5, 5.41) is -0.0489. The van der Waals surface area contributed by atoms with Crippen molar-refractivity contribution in [2.45, 2.75) is 18.4 Å². The molecule has 100 valence electrons. The van der Waals surface area contributed by atoms with Crippen LogP contribution < -0.4 is 4.72 Å². The molecule has 19 heavy (non-hydrogen) atoms. The van der Waals surface area contributed by atoms with Gasteiger partial charge in [-0.25, -0.2) is 18.1 Å². The standard InChI is InChI=1S/C12H12ClN3O2S/c1-9-4-2-5-10(16-9)8-15-19(17,18)11-6-3-7-14-12(11)13/h2-7,15H,8H2,1H3. The maximum Gasteiger partial charge on any atom is 0.243 e. The van der Waals surface area contributed by atoms with E-state index < -0.39 is 10.0 Å². The smallest absolute Gasteiger partial charge is 0.243 e. The third kappa shape index (κ3) is 3.50. The number of nitrogens with one attached hydrogen (secondary N) is 1. The van der Waals surface area contributed by atoms with E-state index in [-0.39, 0.29) is 16.6 Å². The van der Waals surface area contributed by atoms with Crippen molar-refractivity contribution in [3.8, 4) is 0 Å². The van der Waals surface area contributed by atoms with Gasteiger partial charge in [-0.15, -0.1) is 0 Å². The lowest BCUT2D eigenvalue weighted by Gasteiger charge is -2.07. The number of hydrogen-bond donors (Lipinski definition) is 1. The van der Waals surface area contributed by atoms with Crippen LogP contribution in [0.5, 0.6) is 0 Å². The van der Waals surface area contributed by atoms with E-state index in [4.69, 9.17) is 11.6 Å². The Morgan fingerprint density at radius 3 is 2.74 bits per heavy atom. The largest absolute Gasteiger partial charge is 0.257 e. The Morgan fingerprint density at radius 1 is 1.26 bits per heavy atom. The SMILES string of the molecule is Cc1cccc(CNS(=O)(=O)c2cccnc2Cl)n1. The van der Waals surface area contributed by atoms with Crippen LogP contribution in [0.25, 0.3) is 0 Å². The Kier molecular flexibility index (Phi) is 4.14. The van der Waals surface area contributed by atoms with E-state index in [1.54, 1.807) is 6.07 Å². The van der Waals surface area contributed by atoms with Gasteiger partial charge < -0.3 is 0 Å². The fourth-order valence-electron chi connectivity index (χ4n) is 1.52. The number of hydrogen-bond acceptors (Lipinski definition) is 4. The van der Waals surface area contributed by atoms with Crippen molar-refractivity contribution < 1.29 is 8.42 Å². The minimum absolute atomic E-state index is 0.0377. The number of aromatic nitrogens is 2. The molecule has 0 bridgehead atoms. The highest BCUT2D eigenvalue weighted by Crippen LogP contribution is 2.17. The van der Waals surface area contributed by atoms with E-state index in [1.165, 1.54) is 18.3 Å². The average Bonchev–Trinajstić information content (AvgIpc) is 2.37. The van der Waals surface area contributed by atoms with E-state index >= 15 is 0 Å². The summed E-state index contributed by atoms with van der Waals surface area (Å²) in [5.41, 5.74) is 1.47. The zero-order chi connectivity index (χ0) is 13.9. The number of nitrogens with zero attached hydrogens (tertiary/aromatic N) is 2. The zero-order valence-corrected chi connectivity index (χ0v) is 11.7. The predicted octanol–water partition coefficient (Wildman–Crippen LogP) is 1.92. The topological polar surface area (TPSA) is 72.0 Å². The van der Waals surface area contributed by atoms with Gasteiger partial charge in [0.1, 0.15) is 10.0 Å². The molecule has 0 unspecified atom stereocenters. The Labute approximate surface area is 116 Å². The van der Waals surface area contributed by atoms with Crippen LogP contribution in [0.15, 0.2) is 41.4 Å². The molecule has 1 N–H and O–H groups in total. The Morgan fingerprint density at radius 2 is 2.05 bits per heavy atom. The molecule has 0 aliphatic rings. The molecule has 0 saturated carbocycles. The number of rotatable bonds is 4. The quantitative estimate of drug-likeness (QED) is 0.875. The molecule has 0 atom stereocenters. The summed E-state index contributed by atoms with van der Waals surface area (Å²) in [6, 6.07) is 8.34. The highest BCUT2D eigenvalue weighted by atomic mass is 35.5. The Hall–Kier alpha value is -1.50. The van der Waals surface area contributed by atoms with Crippen molar-refractivity contribution in [2.75, 3.05) is 0 Å². The fourth-order valence-corrected chi connectivity index (χ4v) is 2.97. The van der Waals surface area contributed by atoms with Crippen LogP contribution in [0.1, 0.15) is 11.4 Å². The van der Waals surface area contributed by atoms with Gasteiger partial charge >= 0.3 is 0 Å². The molecule has 2 aromatic heterocycles. The number of aryl methyl sites for hydroxylation is 1. The fraction of sp³-hybridized carbons (Fsp3) is 0.167. The summed E-state index contributed by atoms with van der Waals surface area (Å²) in [4.78, 5) is 7.92. The number of pyridine rings is 2. The van der Waals surface area contributed by atoms with Gasteiger partial charge in [-0.05, 0) is 31.2 Å². The predicted molar refractivity (Wildman–Crippen MR) is 72.2 cm³/mol. The van der Waals surface area contributed by atoms with E-state index in [2.05, 4.69) is 14.7 Å². The first-order chi connectivity index (χ1) is 8.99. The molecular weight excluding hydrogens is 286 g/mol. The normalized spacial score (nSPS) is 11.5. The van der Waals surface area contributed by atoms with E-state index in [0.717, 1.165) is 5.69 Å². The molecule has 0 aliphatic heterocycles. The van der Waals surface area contributed by atoms with Crippen molar-refractivity contribution >= 4 is 21.6 Å². The first kappa shape index (κ1) is 13.9. The summed E-state index contributed by atoms with van der Waals surface area (Å²) in [6.07, 6.45) is 1.43. The van der Waals surface area contributed by atoms with Crippen LogP contribution in [-0.4, -0.2) is 18.4 Å². The summed E-state index contributed by atoms with van der Waals surface area (Å²) >= 11 is 5.77. The van der Waals surface area contributed by atoms with Crippen molar-refractivity contribution in [1.82, 2.24) is 14.7 Å². The molecule has 2 aromatic rings. The van der Waals surface area contributed by atoms with Crippen LogP contribution in [0.3, 0.4) is 0 Å². The highest BCUT2D eigenvalue weighted by Gasteiger charge is 2.18. The summed E-state index contributed by atoms with van der Waals surface area (Å²) in [7, 11) is -3.69. The minimum atomic E-state index is -3.69. The van der Waals surface area contributed by atoms with Crippen LogP contribution in [0.2, 0.25) is 5.15 Å². The van der Waals surface area contributed by atoms with Crippen molar-refractivity contribution in [3.05, 3.63) is 53.1 Å². The molecule has 0 saturated heterocycles. The average molecular weight is 298 g/mol. The van der Waals surface area contributed by atoms with Crippen LogP contribution in [0.4, 0.5) is 0 Å². The molecule has 2 heterocycles. The lowest BCUT2D eigenvalue weighted by atomic mass is 10.3. The molecule has 2 rings (SSSR count). The first-order valence-electron chi connectivity index (χ1n) is 5.52. The molecule has 0 spiro atoms. The van der Waals surface area contributed by atoms with E-state index in [1.807, 2.05) is 19.1 Å². The van der Waals surface area contributed by atoms with Gasteiger partial charge in [0.25, 0.3) is 0 Å². The maximum atomic E-state index is 12.0. The van der Waals surface area contributed by atoms with Gasteiger partial charge in [0.2, 0.25) is 10.0 Å². The van der Waals surface area contributed by atoms with Gasteiger partial charge in [-0.2, -0.15) is 0 Å². The zero-order valence-electron chi connectivity index (χ0n) is 10.2. The van der Waals surface area contributed by atoms with Crippen molar-refractivity contribution in [2.24, 2.45) is 0 Å². The second-order valence-electron chi connectivity index (χ2n) is 3.89. The number of sulfonamides is 1. The van der Waals surface area contributed by atoms with Gasteiger partial charge in [0, 0.05) is 11.9 Å². The van der Waals surface area contributed by atoms with E-state index in [0.29, 0.717) is 5.69 Å². The minimum Gasteiger partial charge on any atom is -0.257 e. The van der Waals surface area contributed by atoms with Gasteiger partial charge in [0.05, 0.1) is 12.2 Å². The summed E-state index contributed by atoms with van der Waals surface area (Å²) < 4.78 is 26.5.